The van der Waals surface area contributed by atoms with E-state index in [1.807, 2.05) is 12.1 Å². The van der Waals surface area contributed by atoms with E-state index in [2.05, 4.69) is 10.6 Å². The van der Waals surface area contributed by atoms with Crippen molar-refractivity contribution in [3.8, 4) is 5.75 Å². The van der Waals surface area contributed by atoms with Gasteiger partial charge in [0.1, 0.15) is 11.8 Å². The number of methoxy groups -OCH3 is 1. The fraction of sp³-hybridized carbons (Fsp3) is 0.526. The van der Waals surface area contributed by atoms with Gasteiger partial charge < -0.3 is 15.4 Å². The molecule has 1 aliphatic carbocycles. The highest BCUT2D eigenvalue weighted by Gasteiger charge is 2.37. The summed E-state index contributed by atoms with van der Waals surface area (Å²) in [6.07, 6.45) is 4.93. The minimum atomic E-state index is -0.630. The van der Waals surface area contributed by atoms with Gasteiger partial charge in [0.15, 0.2) is 0 Å². The molecule has 1 saturated carbocycles. The monoisotopic (exact) mass is 359 g/mol. The Morgan fingerprint density at radius 2 is 1.92 bits per heavy atom. The number of rotatable bonds is 7. The smallest absolute Gasteiger partial charge is 0.325 e. The van der Waals surface area contributed by atoms with E-state index < -0.39 is 12.1 Å². The van der Waals surface area contributed by atoms with Gasteiger partial charge in [-0.3, -0.25) is 14.5 Å². The quantitative estimate of drug-likeness (QED) is 0.729. The SMILES string of the molecule is COc1ccc(CN2C(=O)NC(CCC(=O)NC3CCCC3)C2=O)cc1. The first-order valence-electron chi connectivity index (χ1n) is 9.11. The predicted molar refractivity (Wildman–Crippen MR) is 95.5 cm³/mol. The van der Waals surface area contributed by atoms with Gasteiger partial charge in [0.2, 0.25) is 5.91 Å². The Balaban J connectivity index is 1.50. The molecule has 3 rings (SSSR count). The van der Waals surface area contributed by atoms with Crippen LogP contribution in [0.2, 0.25) is 0 Å². The van der Waals surface area contributed by atoms with Crippen molar-refractivity contribution in [3.63, 3.8) is 0 Å². The van der Waals surface area contributed by atoms with Gasteiger partial charge in [0, 0.05) is 12.5 Å². The second-order valence-corrected chi connectivity index (χ2v) is 6.86. The molecule has 1 unspecified atom stereocenters. The first kappa shape index (κ1) is 18.2. The van der Waals surface area contributed by atoms with Crippen LogP contribution in [0, 0.1) is 0 Å². The van der Waals surface area contributed by atoms with E-state index in [0.29, 0.717) is 6.42 Å². The molecule has 2 fully saturated rings. The molecule has 0 spiro atoms. The highest BCUT2D eigenvalue weighted by Crippen LogP contribution is 2.19. The van der Waals surface area contributed by atoms with Crippen molar-refractivity contribution >= 4 is 17.8 Å². The van der Waals surface area contributed by atoms with Crippen LogP contribution in [0.4, 0.5) is 4.79 Å². The molecule has 1 aliphatic heterocycles. The van der Waals surface area contributed by atoms with E-state index in [9.17, 15) is 14.4 Å². The molecule has 0 aromatic heterocycles. The summed E-state index contributed by atoms with van der Waals surface area (Å²) in [6.45, 7) is 0.208. The molecule has 2 aliphatic rings. The summed E-state index contributed by atoms with van der Waals surface area (Å²) < 4.78 is 5.10. The lowest BCUT2D eigenvalue weighted by Crippen LogP contribution is -2.35. The van der Waals surface area contributed by atoms with Crippen LogP contribution in [0.5, 0.6) is 5.75 Å². The number of ether oxygens (including phenoxy) is 1. The molecule has 7 nitrogen and oxygen atoms in total. The molecule has 1 aromatic carbocycles. The summed E-state index contributed by atoms with van der Waals surface area (Å²) in [5.41, 5.74) is 0.842. The Hall–Kier alpha value is -2.57. The fourth-order valence-electron chi connectivity index (χ4n) is 3.48. The largest absolute Gasteiger partial charge is 0.497 e. The van der Waals surface area contributed by atoms with Crippen molar-refractivity contribution < 1.29 is 19.1 Å². The maximum absolute atomic E-state index is 12.5. The fourth-order valence-corrected chi connectivity index (χ4v) is 3.48. The Morgan fingerprint density at radius 3 is 2.58 bits per heavy atom. The minimum Gasteiger partial charge on any atom is -0.497 e. The summed E-state index contributed by atoms with van der Waals surface area (Å²) in [5.74, 6) is 0.393. The van der Waals surface area contributed by atoms with Gasteiger partial charge in [-0.05, 0) is 37.0 Å². The number of nitrogens with zero attached hydrogens (tertiary/aromatic N) is 1. The molecule has 0 bridgehead atoms. The van der Waals surface area contributed by atoms with Gasteiger partial charge in [-0.2, -0.15) is 0 Å². The van der Waals surface area contributed by atoms with E-state index in [1.54, 1.807) is 19.2 Å². The molecule has 140 valence electrons. The molecule has 1 atom stereocenters. The number of urea groups is 1. The molecule has 1 aromatic rings. The van der Waals surface area contributed by atoms with E-state index in [-0.39, 0.29) is 30.8 Å². The Kier molecular flexibility index (Phi) is 5.75. The molecular weight excluding hydrogens is 334 g/mol. The van der Waals surface area contributed by atoms with Crippen LogP contribution in [0.3, 0.4) is 0 Å². The van der Waals surface area contributed by atoms with Crippen LogP contribution >= 0.6 is 0 Å². The van der Waals surface area contributed by atoms with Crippen LogP contribution in [-0.2, 0) is 16.1 Å². The Labute approximate surface area is 153 Å². The zero-order valence-electron chi connectivity index (χ0n) is 15.0. The average molecular weight is 359 g/mol. The average Bonchev–Trinajstić information content (AvgIpc) is 3.24. The van der Waals surface area contributed by atoms with Gasteiger partial charge in [-0.15, -0.1) is 0 Å². The Morgan fingerprint density at radius 1 is 1.23 bits per heavy atom. The number of nitrogens with one attached hydrogen (secondary N) is 2. The van der Waals surface area contributed by atoms with Crippen molar-refractivity contribution in [1.29, 1.82) is 0 Å². The van der Waals surface area contributed by atoms with Crippen molar-refractivity contribution in [1.82, 2.24) is 15.5 Å². The van der Waals surface area contributed by atoms with Gasteiger partial charge in [0.05, 0.1) is 13.7 Å². The van der Waals surface area contributed by atoms with E-state index >= 15 is 0 Å². The topological polar surface area (TPSA) is 87.7 Å². The second kappa shape index (κ2) is 8.21. The third kappa shape index (κ3) is 4.33. The van der Waals surface area contributed by atoms with Crippen molar-refractivity contribution in [3.05, 3.63) is 29.8 Å². The lowest BCUT2D eigenvalue weighted by atomic mass is 10.1. The van der Waals surface area contributed by atoms with Crippen molar-refractivity contribution in [2.24, 2.45) is 0 Å². The van der Waals surface area contributed by atoms with Gasteiger partial charge in [-0.1, -0.05) is 25.0 Å². The molecule has 0 radical (unpaired) electrons. The second-order valence-electron chi connectivity index (χ2n) is 6.86. The third-order valence-corrected chi connectivity index (χ3v) is 4.99. The number of hydrogen-bond donors (Lipinski definition) is 2. The van der Waals surface area contributed by atoms with Gasteiger partial charge in [-0.25, -0.2) is 4.79 Å². The van der Waals surface area contributed by atoms with Crippen LogP contribution in [0.15, 0.2) is 24.3 Å². The van der Waals surface area contributed by atoms with Gasteiger partial charge >= 0.3 is 6.03 Å². The number of carbonyl (C=O) groups excluding carboxylic acids is 3. The summed E-state index contributed by atoms with van der Waals surface area (Å²) >= 11 is 0. The van der Waals surface area contributed by atoms with E-state index in [0.717, 1.165) is 37.0 Å². The maximum Gasteiger partial charge on any atom is 0.325 e. The highest BCUT2D eigenvalue weighted by molar-refractivity contribution is 6.04. The Bertz CT molecular complexity index is 668. The zero-order chi connectivity index (χ0) is 18.5. The van der Waals surface area contributed by atoms with Crippen LogP contribution < -0.4 is 15.4 Å². The molecule has 4 amide bonds. The molecule has 2 N–H and O–H groups in total. The number of hydrogen-bond acceptors (Lipinski definition) is 4. The maximum atomic E-state index is 12.5. The molecule has 7 heteroatoms. The van der Waals surface area contributed by atoms with Gasteiger partial charge in [0.25, 0.3) is 5.91 Å². The summed E-state index contributed by atoms with van der Waals surface area (Å²) in [6, 6.07) is 6.45. The van der Waals surface area contributed by atoms with Crippen LogP contribution in [-0.4, -0.2) is 41.9 Å². The van der Waals surface area contributed by atoms with E-state index in [1.165, 1.54) is 4.90 Å². The standard InChI is InChI=1S/C19H25N3O4/c1-26-15-8-6-13(7-9-15)12-22-18(24)16(21-19(22)25)10-11-17(23)20-14-4-2-3-5-14/h6-9,14,16H,2-5,10-12H2,1H3,(H,20,23)(H,21,25). The third-order valence-electron chi connectivity index (χ3n) is 4.99. The number of imide groups is 1. The lowest BCUT2D eigenvalue weighted by molar-refractivity contribution is -0.128. The molecule has 1 saturated heterocycles. The normalized spacial score (nSPS) is 20.3. The summed E-state index contributed by atoms with van der Waals surface area (Å²) in [7, 11) is 1.58. The van der Waals surface area contributed by atoms with Crippen LogP contribution in [0.1, 0.15) is 44.1 Å². The van der Waals surface area contributed by atoms with E-state index in [4.69, 9.17) is 4.74 Å². The molecule has 26 heavy (non-hydrogen) atoms. The van der Waals surface area contributed by atoms with Crippen molar-refractivity contribution in [2.45, 2.75) is 57.2 Å². The first-order chi connectivity index (χ1) is 12.6. The zero-order valence-corrected chi connectivity index (χ0v) is 15.0. The minimum absolute atomic E-state index is 0.0486. The number of benzene rings is 1. The lowest BCUT2D eigenvalue weighted by Gasteiger charge is -2.14. The molecular formula is C19H25N3O4. The highest BCUT2D eigenvalue weighted by atomic mass is 16.5. The first-order valence-corrected chi connectivity index (χ1v) is 9.11. The number of carbonyl (C=O) groups is 3. The van der Waals surface area contributed by atoms with Crippen LogP contribution in [0.25, 0.3) is 0 Å². The molecule has 1 heterocycles. The predicted octanol–water partition coefficient (Wildman–Crippen LogP) is 1.95. The van der Waals surface area contributed by atoms with Crippen molar-refractivity contribution in [2.75, 3.05) is 7.11 Å². The number of amides is 4. The summed E-state index contributed by atoms with van der Waals surface area (Å²) in [4.78, 5) is 37.8. The summed E-state index contributed by atoms with van der Waals surface area (Å²) in [5, 5.41) is 5.68.